The number of fused-ring (bicyclic) bond motifs is 3. The van der Waals surface area contributed by atoms with Crippen molar-refractivity contribution in [3.63, 3.8) is 0 Å². The Morgan fingerprint density at radius 2 is 2.10 bits per heavy atom. The molecule has 1 aromatic carbocycles. The molecule has 1 N–H and O–H groups in total. The Morgan fingerprint density at radius 3 is 2.90 bits per heavy atom. The van der Waals surface area contributed by atoms with E-state index in [2.05, 4.69) is 34.2 Å². The largest absolute Gasteiger partial charge is 0.490 e. The minimum atomic E-state index is 0.343. The maximum Gasteiger partial charge on any atom is 0.166 e. The highest BCUT2D eigenvalue weighted by Crippen LogP contribution is 2.46. The molecule has 1 aliphatic heterocycles. The smallest absolute Gasteiger partial charge is 0.166 e. The molecule has 4 heteroatoms. The molecule has 0 spiro atoms. The van der Waals surface area contributed by atoms with Crippen molar-refractivity contribution in [1.29, 1.82) is 0 Å². The number of nitrogens with one attached hydrogen (secondary N) is 1. The fraction of sp³-hybridized carbons (Fsp3) is 0.625. The summed E-state index contributed by atoms with van der Waals surface area (Å²) in [5.74, 6) is 2.58. The maximum atomic E-state index is 6.04. The second-order valence-corrected chi connectivity index (χ2v) is 6.70. The van der Waals surface area contributed by atoms with Crippen LogP contribution in [-0.4, -0.2) is 20.3 Å². The van der Waals surface area contributed by atoms with Gasteiger partial charge in [-0.05, 0) is 43.9 Å². The number of benzene rings is 1. The summed E-state index contributed by atoms with van der Waals surface area (Å²) in [6.07, 6.45) is 4.42. The molecule has 0 amide bonds. The van der Waals surface area contributed by atoms with Crippen molar-refractivity contribution in [3.8, 4) is 11.5 Å². The van der Waals surface area contributed by atoms with Gasteiger partial charge in [0.25, 0.3) is 0 Å². The van der Waals surface area contributed by atoms with E-state index in [1.54, 1.807) is 0 Å². The predicted octanol–water partition coefficient (Wildman–Crippen LogP) is 3.84. The highest BCUT2D eigenvalue weighted by molar-refractivity contribution is 9.10. The van der Waals surface area contributed by atoms with Gasteiger partial charge in [-0.15, -0.1) is 0 Å². The van der Waals surface area contributed by atoms with Gasteiger partial charge in [0.15, 0.2) is 11.5 Å². The molecule has 2 aliphatic rings. The molecule has 1 heterocycles. The lowest BCUT2D eigenvalue weighted by Crippen LogP contribution is -2.19. The van der Waals surface area contributed by atoms with Crippen molar-refractivity contribution in [2.75, 3.05) is 20.3 Å². The van der Waals surface area contributed by atoms with Crippen LogP contribution in [0.2, 0.25) is 0 Å². The van der Waals surface area contributed by atoms with Crippen LogP contribution in [0.25, 0.3) is 0 Å². The number of hydrogen-bond acceptors (Lipinski definition) is 3. The predicted molar refractivity (Wildman–Crippen MR) is 83.7 cm³/mol. The Labute approximate surface area is 129 Å². The van der Waals surface area contributed by atoms with Gasteiger partial charge in [-0.2, -0.15) is 0 Å². The quantitative estimate of drug-likeness (QED) is 0.788. The van der Waals surface area contributed by atoms with Crippen LogP contribution < -0.4 is 14.8 Å². The lowest BCUT2D eigenvalue weighted by atomic mass is 9.96. The van der Waals surface area contributed by atoms with Gasteiger partial charge in [-0.25, -0.2) is 0 Å². The summed E-state index contributed by atoms with van der Waals surface area (Å²) in [6.45, 7) is 3.81. The van der Waals surface area contributed by atoms with E-state index in [0.717, 1.165) is 48.4 Å². The number of halogens is 1. The first-order chi connectivity index (χ1) is 9.70. The molecule has 1 aromatic rings. The topological polar surface area (TPSA) is 30.5 Å². The Hall–Kier alpha value is -0.740. The van der Waals surface area contributed by atoms with Crippen molar-refractivity contribution >= 4 is 15.9 Å². The third-order valence-electron chi connectivity index (χ3n) is 4.35. The molecule has 1 aliphatic carbocycles. The van der Waals surface area contributed by atoms with E-state index in [0.29, 0.717) is 12.0 Å². The van der Waals surface area contributed by atoms with E-state index in [1.165, 1.54) is 17.5 Å². The van der Waals surface area contributed by atoms with Crippen LogP contribution in [0, 0.1) is 5.92 Å². The van der Waals surface area contributed by atoms with Crippen LogP contribution in [0.1, 0.15) is 43.4 Å². The molecule has 0 aromatic heterocycles. The Balaban J connectivity index is 2.15. The van der Waals surface area contributed by atoms with Gasteiger partial charge >= 0.3 is 0 Å². The summed E-state index contributed by atoms with van der Waals surface area (Å²) in [7, 11) is 2.04. The molecule has 0 saturated heterocycles. The first-order valence-electron chi connectivity index (χ1n) is 7.48. The van der Waals surface area contributed by atoms with Crippen molar-refractivity contribution in [2.24, 2.45) is 5.92 Å². The minimum absolute atomic E-state index is 0.343. The summed E-state index contributed by atoms with van der Waals surface area (Å²) < 4.78 is 13.1. The highest BCUT2D eigenvalue weighted by atomic mass is 79.9. The van der Waals surface area contributed by atoms with Crippen LogP contribution >= 0.6 is 15.9 Å². The molecule has 0 bridgehead atoms. The third-order valence-corrected chi connectivity index (χ3v) is 5.06. The average Bonchev–Trinajstić information content (AvgIpc) is 2.75. The van der Waals surface area contributed by atoms with Gasteiger partial charge < -0.3 is 14.8 Å². The zero-order valence-electron chi connectivity index (χ0n) is 12.2. The monoisotopic (exact) mass is 339 g/mol. The Kier molecular flexibility index (Phi) is 4.22. The second kappa shape index (κ2) is 5.94. The molecule has 2 atom stereocenters. The van der Waals surface area contributed by atoms with E-state index in [1.807, 2.05) is 7.05 Å². The van der Waals surface area contributed by atoms with Crippen molar-refractivity contribution in [1.82, 2.24) is 5.32 Å². The van der Waals surface area contributed by atoms with E-state index < -0.39 is 0 Å². The zero-order chi connectivity index (χ0) is 14.1. The van der Waals surface area contributed by atoms with E-state index in [-0.39, 0.29) is 0 Å². The Bertz CT molecular complexity index is 504. The first kappa shape index (κ1) is 14.2. The van der Waals surface area contributed by atoms with Crippen LogP contribution in [-0.2, 0) is 6.42 Å². The molecule has 0 radical (unpaired) electrons. The van der Waals surface area contributed by atoms with Crippen molar-refractivity contribution < 1.29 is 9.47 Å². The maximum absolute atomic E-state index is 6.04. The Morgan fingerprint density at radius 1 is 1.30 bits per heavy atom. The molecule has 3 rings (SSSR count). The fourth-order valence-corrected chi connectivity index (χ4v) is 3.87. The number of hydrogen-bond donors (Lipinski definition) is 1. The van der Waals surface area contributed by atoms with Crippen LogP contribution in [0.4, 0.5) is 0 Å². The summed E-state index contributed by atoms with van der Waals surface area (Å²) in [5.41, 5.74) is 2.70. The summed E-state index contributed by atoms with van der Waals surface area (Å²) >= 11 is 3.73. The molecular formula is C16H22BrNO2. The summed E-state index contributed by atoms with van der Waals surface area (Å²) in [6, 6.07) is 2.43. The van der Waals surface area contributed by atoms with Crippen molar-refractivity contribution in [3.05, 3.63) is 21.7 Å². The normalized spacial score (nSPS) is 25.6. The standard InChI is InChI=1S/C16H22BrNO2/c1-10-4-5-11-12(17)9-14-16(20-7-3-6-19-14)15(11)13(8-10)18-2/h9-10,13,18H,3-8H2,1-2H3. The van der Waals surface area contributed by atoms with E-state index in [4.69, 9.17) is 9.47 Å². The minimum Gasteiger partial charge on any atom is -0.490 e. The number of rotatable bonds is 1. The summed E-state index contributed by atoms with van der Waals surface area (Å²) in [4.78, 5) is 0. The van der Waals surface area contributed by atoms with Gasteiger partial charge in [0.1, 0.15) is 0 Å². The van der Waals surface area contributed by atoms with E-state index >= 15 is 0 Å². The van der Waals surface area contributed by atoms with Gasteiger partial charge in [-0.3, -0.25) is 0 Å². The van der Waals surface area contributed by atoms with Gasteiger partial charge in [0.05, 0.1) is 13.2 Å². The lowest BCUT2D eigenvalue weighted by molar-refractivity contribution is 0.294. The SMILES string of the molecule is CNC1CC(C)CCc2c(Br)cc3c(c21)OCCCO3. The second-order valence-electron chi connectivity index (χ2n) is 5.85. The molecule has 0 saturated carbocycles. The van der Waals surface area contributed by atoms with E-state index in [9.17, 15) is 0 Å². The molecule has 3 nitrogen and oxygen atoms in total. The van der Waals surface area contributed by atoms with Crippen LogP contribution in [0.3, 0.4) is 0 Å². The third kappa shape index (κ3) is 2.56. The number of ether oxygens (including phenoxy) is 2. The van der Waals surface area contributed by atoms with Crippen LogP contribution in [0.15, 0.2) is 10.5 Å². The summed E-state index contributed by atoms with van der Waals surface area (Å²) in [5, 5.41) is 3.47. The lowest BCUT2D eigenvalue weighted by Gasteiger charge is -2.23. The van der Waals surface area contributed by atoms with Crippen LogP contribution in [0.5, 0.6) is 11.5 Å². The van der Waals surface area contributed by atoms with Gasteiger partial charge in [-0.1, -0.05) is 22.9 Å². The highest BCUT2D eigenvalue weighted by Gasteiger charge is 2.29. The average molecular weight is 340 g/mol. The van der Waals surface area contributed by atoms with Gasteiger partial charge in [0.2, 0.25) is 0 Å². The molecule has 110 valence electrons. The molecule has 20 heavy (non-hydrogen) atoms. The first-order valence-corrected chi connectivity index (χ1v) is 8.28. The molecule has 0 fully saturated rings. The molecule has 2 unspecified atom stereocenters. The molecular weight excluding hydrogens is 318 g/mol. The fourth-order valence-electron chi connectivity index (χ4n) is 3.25. The van der Waals surface area contributed by atoms with Crippen molar-refractivity contribution in [2.45, 2.75) is 38.6 Å². The zero-order valence-corrected chi connectivity index (χ0v) is 13.8. The van der Waals surface area contributed by atoms with Gasteiger partial charge in [0, 0.05) is 22.5 Å².